The van der Waals surface area contributed by atoms with Crippen LogP contribution in [0.25, 0.3) is 11.1 Å². The number of hydrogen-bond acceptors (Lipinski definition) is 5. The highest BCUT2D eigenvalue weighted by atomic mass is 35.5. The fourth-order valence-corrected chi connectivity index (χ4v) is 5.28. The highest BCUT2D eigenvalue weighted by Gasteiger charge is 2.36. The van der Waals surface area contributed by atoms with Gasteiger partial charge in [-0.05, 0) is 50.6 Å². The maximum atomic E-state index is 13.7. The molecular weight excluding hydrogens is 507 g/mol. The standard InChI is InChI=1S/C23H27ClF3N3O4S/c1-22(2,3)34-21(31)29-7-9-30(10-8-29)35(32)19-11-14(5-6-18(19)33-4)20-16(23(25,26)27)12-15(28)13-17(20)24/h5-6,11-13H,7-10,28H2,1-4H3. The summed E-state index contributed by atoms with van der Waals surface area (Å²) in [5.41, 5.74) is 3.71. The molecular formula is C23H27ClF3N3O4S. The molecule has 1 saturated heterocycles. The van der Waals surface area contributed by atoms with Crippen LogP contribution in [0.3, 0.4) is 0 Å². The van der Waals surface area contributed by atoms with Crippen molar-refractivity contribution in [2.75, 3.05) is 39.0 Å². The zero-order valence-corrected chi connectivity index (χ0v) is 21.3. The number of amides is 1. The van der Waals surface area contributed by atoms with E-state index in [-0.39, 0.29) is 58.7 Å². The van der Waals surface area contributed by atoms with E-state index in [9.17, 15) is 22.2 Å². The minimum absolute atomic E-state index is 0.119. The summed E-state index contributed by atoms with van der Waals surface area (Å²) in [5.74, 6) is 0.252. The third-order valence-corrected chi connectivity index (χ3v) is 7.01. The number of carbonyl (C=O) groups excluding carboxylic acids is 1. The van der Waals surface area contributed by atoms with Gasteiger partial charge in [-0.3, -0.25) is 0 Å². The van der Waals surface area contributed by atoms with Gasteiger partial charge in [-0.25, -0.2) is 13.3 Å². The van der Waals surface area contributed by atoms with Crippen LogP contribution in [0.15, 0.2) is 35.2 Å². The molecule has 1 amide bonds. The number of benzene rings is 2. The topological polar surface area (TPSA) is 85.1 Å². The third-order valence-electron chi connectivity index (χ3n) is 5.18. The molecule has 1 atom stereocenters. The number of methoxy groups -OCH3 is 1. The minimum atomic E-state index is -4.70. The van der Waals surface area contributed by atoms with Crippen LogP contribution in [0.1, 0.15) is 26.3 Å². The van der Waals surface area contributed by atoms with Gasteiger partial charge < -0.3 is 20.1 Å². The Morgan fingerprint density at radius 1 is 1.09 bits per heavy atom. The van der Waals surface area contributed by atoms with E-state index in [0.717, 1.165) is 6.07 Å². The van der Waals surface area contributed by atoms with Crippen molar-refractivity contribution < 1.29 is 31.6 Å². The number of piperazine rings is 1. The number of alkyl halides is 3. The molecule has 1 fully saturated rings. The highest BCUT2D eigenvalue weighted by Crippen LogP contribution is 2.43. The summed E-state index contributed by atoms with van der Waals surface area (Å²) in [4.78, 5) is 14.0. The lowest BCUT2D eigenvalue weighted by Gasteiger charge is -2.34. The smallest absolute Gasteiger partial charge is 0.417 e. The number of halogens is 4. The van der Waals surface area contributed by atoms with E-state index in [1.54, 1.807) is 25.1 Å². The lowest BCUT2D eigenvalue weighted by atomic mass is 9.98. The summed E-state index contributed by atoms with van der Waals surface area (Å²) < 4.78 is 67.0. The molecule has 1 heterocycles. The number of carbonyl (C=O) groups is 1. The average molecular weight is 534 g/mol. The first kappa shape index (κ1) is 27.1. The molecule has 2 aromatic rings. The van der Waals surface area contributed by atoms with Crippen LogP contribution < -0.4 is 10.5 Å². The van der Waals surface area contributed by atoms with Gasteiger partial charge in [-0.1, -0.05) is 17.7 Å². The van der Waals surface area contributed by atoms with Crippen LogP contribution in [0.2, 0.25) is 5.02 Å². The largest absolute Gasteiger partial charge is 0.495 e. The predicted octanol–water partition coefficient (Wildman–Crippen LogP) is 5.19. The van der Waals surface area contributed by atoms with Gasteiger partial charge in [-0.2, -0.15) is 13.2 Å². The van der Waals surface area contributed by atoms with Gasteiger partial charge in [0, 0.05) is 37.4 Å². The summed E-state index contributed by atoms with van der Waals surface area (Å²) in [6, 6.07) is 6.31. The molecule has 0 bridgehead atoms. The maximum Gasteiger partial charge on any atom is 0.417 e. The van der Waals surface area contributed by atoms with Crippen molar-refractivity contribution in [1.82, 2.24) is 9.21 Å². The molecule has 2 aromatic carbocycles. The fourth-order valence-electron chi connectivity index (χ4n) is 3.62. The highest BCUT2D eigenvalue weighted by molar-refractivity contribution is 7.82. The molecule has 12 heteroatoms. The van der Waals surface area contributed by atoms with Gasteiger partial charge in [0.2, 0.25) is 0 Å². The van der Waals surface area contributed by atoms with E-state index in [0.29, 0.717) is 0 Å². The zero-order chi connectivity index (χ0) is 26.1. The molecule has 3 rings (SSSR count). The second-order valence-electron chi connectivity index (χ2n) is 8.93. The van der Waals surface area contributed by atoms with Crippen LogP contribution in [-0.4, -0.2) is 58.4 Å². The van der Waals surface area contributed by atoms with Crippen LogP contribution in [0.4, 0.5) is 23.7 Å². The molecule has 192 valence electrons. The Labute approximate surface area is 209 Å². The molecule has 0 aromatic heterocycles. The number of ether oxygens (including phenoxy) is 2. The van der Waals surface area contributed by atoms with Crippen LogP contribution in [0, 0.1) is 0 Å². The third kappa shape index (κ3) is 6.39. The van der Waals surface area contributed by atoms with Gasteiger partial charge in [0.25, 0.3) is 0 Å². The summed E-state index contributed by atoms with van der Waals surface area (Å²) in [7, 11) is -0.388. The average Bonchev–Trinajstić information content (AvgIpc) is 2.76. The van der Waals surface area contributed by atoms with Gasteiger partial charge in [-0.15, -0.1) is 0 Å². The molecule has 1 aliphatic rings. The van der Waals surface area contributed by atoms with Crippen molar-refractivity contribution in [2.45, 2.75) is 37.4 Å². The second kappa shape index (κ2) is 10.2. The van der Waals surface area contributed by atoms with Crippen molar-refractivity contribution in [3.63, 3.8) is 0 Å². The molecule has 1 unspecified atom stereocenters. The second-order valence-corrected chi connectivity index (χ2v) is 10.8. The lowest BCUT2D eigenvalue weighted by Crippen LogP contribution is -2.50. The van der Waals surface area contributed by atoms with Crippen LogP contribution >= 0.6 is 11.6 Å². The Bertz CT molecular complexity index is 1130. The minimum Gasteiger partial charge on any atom is -0.495 e. The Morgan fingerprint density at radius 3 is 2.26 bits per heavy atom. The van der Waals surface area contributed by atoms with Crippen molar-refractivity contribution in [2.24, 2.45) is 0 Å². The summed E-state index contributed by atoms with van der Waals surface area (Å²) >= 11 is 6.17. The summed E-state index contributed by atoms with van der Waals surface area (Å²) in [5, 5.41) is -0.176. The summed E-state index contributed by atoms with van der Waals surface area (Å²) in [6.07, 6.45) is -5.16. The van der Waals surface area contributed by atoms with Crippen molar-refractivity contribution in [3.8, 4) is 16.9 Å². The Balaban J connectivity index is 1.90. The number of anilines is 1. The van der Waals surface area contributed by atoms with Crippen molar-refractivity contribution in [1.29, 1.82) is 0 Å². The number of rotatable bonds is 4. The fraction of sp³-hybridized carbons (Fsp3) is 0.435. The molecule has 0 spiro atoms. The first-order valence-corrected chi connectivity index (χ1v) is 12.2. The monoisotopic (exact) mass is 533 g/mol. The van der Waals surface area contributed by atoms with E-state index < -0.39 is 34.4 Å². The maximum absolute atomic E-state index is 13.7. The normalized spacial score (nSPS) is 16.2. The zero-order valence-electron chi connectivity index (χ0n) is 19.7. The SMILES string of the molecule is COc1ccc(-c2c(Cl)cc(N)cc2C(F)(F)F)cc1S(=O)N1CCN(C(=O)OC(C)(C)C)CC1. The quantitative estimate of drug-likeness (QED) is 0.547. The predicted molar refractivity (Wildman–Crippen MR) is 129 cm³/mol. The number of nitrogens with two attached hydrogens (primary N) is 1. The van der Waals surface area contributed by atoms with Crippen molar-refractivity contribution >= 4 is 34.4 Å². The molecule has 35 heavy (non-hydrogen) atoms. The molecule has 0 aliphatic carbocycles. The number of hydrogen-bond donors (Lipinski definition) is 1. The van der Waals surface area contributed by atoms with Gasteiger partial charge in [0.1, 0.15) is 22.3 Å². The first-order valence-electron chi connectivity index (χ1n) is 10.7. The number of nitrogen functional groups attached to an aromatic ring is 1. The van der Waals surface area contributed by atoms with Gasteiger partial charge in [0.05, 0.1) is 22.6 Å². The number of nitrogens with zero attached hydrogens (tertiary/aromatic N) is 2. The van der Waals surface area contributed by atoms with E-state index in [1.165, 1.54) is 36.3 Å². The lowest BCUT2D eigenvalue weighted by molar-refractivity contribution is -0.137. The van der Waals surface area contributed by atoms with E-state index in [2.05, 4.69) is 0 Å². The molecule has 2 N–H and O–H groups in total. The molecule has 0 radical (unpaired) electrons. The van der Waals surface area contributed by atoms with Crippen molar-refractivity contribution in [3.05, 3.63) is 40.9 Å². The van der Waals surface area contributed by atoms with Gasteiger partial charge >= 0.3 is 12.3 Å². The van der Waals surface area contributed by atoms with E-state index in [1.807, 2.05) is 0 Å². The Hall–Kier alpha value is -2.50. The van der Waals surface area contributed by atoms with Crippen LogP contribution in [0.5, 0.6) is 5.75 Å². The first-order chi connectivity index (χ1) is 16.2. The Morgan fingerprint density at radius 2 is 1.71 bits per heavy atom. The molecule has 0 saturated carbocycles. The van der Waals surface area contributed by atoms with E-state index in [4.69, 9.17) is 26.8 Å². The van der Waals surface area contributed by atoms with E-state index >= 15 is 0 Å². The molecule has 7 nitrogen and oxygen atoms in total. The van der Waals surface area contributed by atoms with Gasteiger partial charge in [0.15, 0.2) is 0 Å². The summed E-state index contributed by atoms with van der Waals surface area (Å²) in [6.45, 7) is 6.42. The van der Waals surface area contributed by atoms with Crippen LogP contribution in [-0.2, 0) is 21.9 Å². The molecule has 1 aliphatic heterocycles. The Kier molecular flexibility index (Phi) is 7.93.